The van der Waals surface area contributed by atoms with Crippen LogP contribution in [0.15, 0.2) is 12.4 Å². The van der Waals surface area contributed by atoms with E-state index in [1.165, 1.54) is 0 Å². The Morgan fingerprint density at radius 1 is 1.59 bits per heavy atom. The van der Waals surface area contributed by atoms with Crippen molar-refractivity contribution in [2.45, 2.75) is 12.5 Å². The van der Waals surface area contributed by atoms with Crippen LogP contribution >= 0.6 is 0 Å². The van der Waals surface area contributed by atoms with Gasteiger partial charge in [0.15, 0.2) is 0 Å². The molecule has 1 aliphatic rings. The molecule has 1 amide bonds. The Hall–Kier alpha value is -1.40. The first kappa shape index (κ1) is 12.1. The maximum Gasteiger partial charge on any atom is 0.225 e. The van der Waals surface area contributed by atoms with Crippen LogP contribution in [-0.2, 0) is 11.8 Å². The molecular weight excluding hydrogens is 220 g/mol. The summed E-state index contributed by atoms with van der Waals surface area (Å²) in [7, 11) is 1.79. The quantitative estimate of drug-likeness (QED) is 0.729. The number of carbonyl (C=O) groups excluding carboxylic acids is 1. The lowest BCUT2D eigenvalue weighted by molar-refractivity contribution is -0.133. The third-order valence-electron chi connectivity index (χ3n) is 2.95. The van der Waals surface area contributed by atoms with E-state index in [0.29, 0.717) is 5.56 Å². The number of nitrogens with zero attached hydrogens (tertiary/aromatic N) is 3. The Balaban J connectivity index is 1.89. The number of carbonyl (C=O) groups is 1. The Morgan fingerprint density at radius 3 is 2.88 bits per heavy atom. The van der Waals surface area contributed by atoms with Gasteiger partial charge in [-0.05, 0) is 0 Å². The summed E-state index contributed by atoms with van der Waals surface area (Å²) in [5, 5.41) is 17.1. The molecule has 2 N–H and O–H groups in total. The highest BCUT2D eigenvalue weighted by Crippen LogP contribution is 2.16. The van der Waals surface area contributed by atoms with Crippen LogP contribution in [0.4, 0.5) is 0 Å². The van der Waals surface area contributed by atoms with E-state index < -0.39 is 6.10 Å². The van der Waals surface area contributed by atoms with Crippen molar-refractivity contribution >= 4 is 5.91 Å². The van der Waals surface area contributed by atoms with E-state index in [0.717, 1.165) is 26.2 Å². The van der Waals surface area contributed by atoms with Gasteiger partial charge in [-0.25, -0.2) is 0 Å². The van der Waals surface area contributed by atoms with Gasteiger partial charge in [0.2, 0.25) is 5.91 Å². The molecule has 1 unspecified atom stereocenters. The van der Waals surface area contributed by atoms with Crippen molar-refractivity contribution in [3.05, 3.63) is 18.0 Å². The highest BCUT2D eigenvalue weighted by molar-refractivity contribution is 5.77. The van der Waals surface area contributed by atoms with Gasteiger partial charge >= 0.3 is 0 Å². The van der Waals surface area contributed by atoms with Crippen LogP contribution in [0, 0.1) is 0 Å². The normalized spacial score (nSPS) is 18.1. The van der Waals surface area contributed by atoms with Gasteiger partial charge in [-0.15, -0.1) is 0 Å². The number of aromatic nitrogens is 2. The van der Waals surface area contributed by atoms with Crippen LogP contribution in [0.1, 0.15) is 18.1 Å². The van der Waals surface area contributed by atoms with Crippen LogP contribution < -0.4 is 5.32 Å². The first-order chi connectivity index (χ1) is 8.16. The van der Waals surface area contributed by atoms with Crippen molar-refractivity contribution in [1.82, 2.24) is 20.0 Å². The van der Waals surface area contributed by atoms with E-state index >= 15 is 0 Å². The number of aliphatic hydroxyl groups is 1. The van der Waals surface area contributed by atoms with Gasteiger partial charge in [0.05, 0.1) is 18.7 Å². The summed E-state index contributed by atoms with van der Waals surface area (Å²) in [5.41, 5.74) is 0.691. The average molecular weight is 238 g/mol. The van der Waals surface area contributed by atoms with Gasteiger partial charge < -0.3 is 15.3 Å². The zero-order valence-corrected chi connectivity index (χ0v) is 9.96. The number of nitrogens with one attached hydrogen (secondary N) is 1. The molecule has 1 aliphatic heterocycles. The zero-order valence-electron chi connectivity index (χ0n) is 9.96. The largest absolute Gasteiger partial charge is 0.388 e. The van der Waals surface area contributed by atoms with E-state index in [-0.39, 0.29) is 12.3 Å². The van der Waals surface area contributed by atoms with Gasteiger partial charge in [-0.1, -0.05) is 0 Å². The molecule has 0 spiro atoms. The van der Waals surface area contributed by atoms with E-state index in [1.54, 1.807) is 29.0 Å². The molecule has 94 valence electrons. The van der Waals surface area contributed by atoms with Crippen molar-refractivity contribution in [3.63, 3.8) is 0 Å². The molecule has 2 rings (SSSR count). The Kier molecular flexibility index (Phi) is 3.75. The predicted octanol–water partition coefficient (Wildman–Crippen LogP) is -0.725. The molecule has 6 heteroatoms. The van der Waals surface area contributed by atoms with Crippen molar-refractivity contribution in [1.29, 1.82) is 0 Å². The summed E-state index contributed by atoms with van der Waals surface area (Å²) in [6, 6.07) is 0. The Bertz CT molecular complexity index is 385. The lowest BCUT2D eigenvalue weighted by atomic mass is 10.1. The summed E-state index contributed by atoms with van der Waals surface area (Å²) in [6.45, 7) is 3.10. The smallest absolute Gasteiger partial charge is 0.225 e. The van der Waals surface area contributed by atoms with E-state index in [2.05, 4.69) is 10.4 Å². The van der Waals surface area contributed by atoms with Crippen molar-refractivity contribution in [3.8, 4) is 0 Å². The van der Waals surface area contributed by atoms with E-state index in [9.17, 15) is 9.90 Å². The van der Waals surface area contributed by atoms with Crippen molar-refractivity contribution < 1.29 is 9.90 Å². The fourth-order valence-electron chi connectivity index (χ4n) is 1.94. The third-order valence-corrected chi connectivity index (χ3v) is 2.95. The molecule has 2 heterocycles. The summed E-state index contributed by atoms with van der Waals surface area (Å²) in [5.74, 6) is 0.00264. The molecule has 0 bridgehead atoms. The first-order valence-electron chi connectivity index (χ1n) is 5.82. The zero-order chi connectivity index (χ0) is 12.3. The topological polar surface area (TPSA) is 70.4 Å². The Labute approximate surface area is 100 Å². The minimum Gasteiger partial charge on any atom is -0.388 e. The fourth-order valence-corrected chi connectivity index (χ4v) is 1.94. The third kappa shape index (κ3) is 3.04. The Morgan fingerprint density at radius 2 is 2.29 bits per heavy atom. The predicted molar refractivity (Wildman–Crippen MR) is 62.2 cm³/mol. The highest BCUT2D eigenvalue weighted by Gasteiger charge is 2.20. The number of rotatable bonds is 3. The lowest BCUT2D eigenvalue weighted by Crippen LogP contribution is -2.46. The lowest BCUT2D eigenvalue weighted by Gasteiger charge is -2.28. The number of piperazine rings is 1. The van der Waals surface area contributed by atoms with Crippen LogP contribution in [0.5, 0.6) is 0 Å². The first-order valence-corrected chi connectivity index (χ1v) is 5.82. The highest BCUT2D eigenvalue weighted by atomic mass is 16.3. The molecule has 1 aromatic rings. The summed E-state index contributed by atoms with van der Waals surface area (Å²) in [4.78, 5) is 13.7. The average Bonchev–Trinajstić information content (AvgIpc) is 2.77. The van der Waals surface area contributed by atoms with Gasteiger partial charge in [0.1, 0.15) is 0 Å². The summed E-state index contributed by atoms with van der Waals surface area (Å²) < 4.78 is 1.62. The van der Waals surface area contributed by atoms with E-state index in [4.69, 9.17) is 0 Å². The van der Waals surface area contributed by atoms with Gasteiger partial charge in [0, 0.05) is 45.0 Å². The molecule has 1 atom stereocenters. The fraction of sp³-hybridized carbons (Fsp3) is 0.636. The second-order valence-electron chi connectivity index (χ2n) is 4.30. The SMILES string of the molecule is Cn1cc(C(O)CC(=O)N2CCNCC2)cn1. The minimum absolute atomic E-state index is 0.00264. The molecule has 0 radical (unpaired) electrons. The molecule has 1 fully saturated rings. The molecule has 1 saturated heterocycles. The molecule has 6 nitrogen and oxygen atoms in total. The van der Waals surface area contributed by atoms with Crippen molar-refractivity contribution in [2.75, 3.05) is 26.2 Å². The van der Waals surface area contributed by atoms with Crippen molar-refractivity contribution in [2.24, 2.45) is 7.05 Å². The second-order valence-corrected chi connectivity index (χ2v) is 4.30. The molecule has 0 saturated carbocycles. The van der Waals surface area contributed by atoms with Gasteiger partial charge in [0.25, 0.3) is 0 Å². The second kappa shape index (κ2) is 5.29. The number of aliphatic hydroxyl groups excluding tert-OH is 1. The number of amides is 1. The maximum atomic E-state index is 11.9. The molecule has 0 aliphatic carbocycles. The number of hydrogen-bond acceptors (Lipinski definition) is 4. The molecule has 0 aromatic carbocycles. The molecule has 17 heavy (non-hydrogen) atoms. The minimum atomic E-state index is -0.758. The van der Waals surface area contributed by atoms with Crippen LogP contribution in [-0.4, -0.2) is 51.9 Å². The van der Waals surface area contributed by atoms with E-state index in [1.807, 2.05) is 0 Å². The van der Waals surface area contributed by atoms with Gasteiger partial charge in [-0.2, -0.15) is 5.10 Å². The number of aryl methyl sites for hydroxylation is 1. The summed E-state index contributed by atoms with van der Waals surface area (Å²) >= 11 is 0. The van der Waals surface area contributed by atoms with Crippen LogP contribution in [0.25, 0.3) is 0 Å². The standard InChI is InChI=1S/C11H18N4O2/c1-14-8-9(7-13-14)10(16)6-11(17)15-4-2-12-3-5-15/h7-8,10,12,16H,2-6H2,1H3. The maximum absolute atomic E-state index is 11.9. The van der Waals surface area contributed by atoms with Gasteiger partial charge in [-0.3, -0.25) is 9.48 Å². The van der Waals surface area contributed by atoms with Crippen LogP contribution in [0.2, 0.25) is 0 Å². The monoisotopic (exact) mass is 238 g/mol. The van der Waals surface area contributed by atoms with Crippen LogP contribution in [0.3, 0.4) is 0 Å². The molecular formula is C11H18N4O2. The molecule has 1 aromatic heterocycles. The number of hydrogen-bond donors (Lipinski definition) is 2. The summed E-state index contributed by atoms with van der Waals surface area (Å²) in [6.07, 6.45) is 2.70.